The second-order valence-electron chi connectivity index (χ2n) is 2.76. The summed E-state index contributed by atoms with van der Waals surface area (Å²) in [6.45, 7) is 5.05. The zero-order chi connectivity index (χ0) is 7.84. The van der Waals surface area contributed by atoms with E-state index in [-0.39, 0.29) is 0 Å². The summed E-state index contributed by atoms with van der Waals surface area (Å²) < 4.78 is 1.85. The number of rotatable bonds is 0. The lowest BCUT2D eigenvalue weighted by atomic mass is 10.1. The van der Waals surface area contributed by atoms with Crippen molar-refractivity contribution in [2.45, 2.75) is 13.8 Å². The average molecular weight is 150 g/mol. The van der Waals surface area contributed by atoms with Crippen LogP contribution in [0.2, 0.25) is 0 Å². The topological polar surface area (TPSA) is 42.7 Å². The molecule has 0 saturated heterocycles. The van der Waals surface area contributed by atoms with E-state index in [1.807, 2.05) is 4.68 Å². The van der Waals surface area contributed by atoms with Gasteiger partial charge in [-0.3, -0.25) is 0 Å². The number of aromatic nitrogens is 3. The van der Waals surface area contributed by atoms with E-state index in [1.54, 1.807) is 6.33 Å². The van der Waals surface area contributed by atoms with Crippen LogP contribution in [0.25, 0.3) is 5.57 Å². The number of allylic oxidation sites excluding steroid dienone is 1. The fourth-order valence-electron chi connectivity index (χ4n) is 1.13. The Kier molecular flexibility index (Phi) is 1.21. The van der Waals surface area contributed by atoms with Gasteiger partial charge in [-0.1, -0.05) is 0 Å². The first kappa shape index (κ1) is 6.39. The lowest BCUT2D eigenvalue weighted by Gasteiger charge is -2.17. The van der Waals surface area contributed by atoms with Gasteiger partial charge in [0.05, 0.1) is 6.54 Å². The fourth-order valence-corrected chi connectivity index (χ4v) is 1.13. The summed E-state index contributed by atoms with van der Waals surface area (Å²) in [7, 11) is 0. The first-order valence-corrected chi connectivity index (χ1v) is 3.59. The van der Waals surface area contributed by atoms with Crippen LogP contribution in [0.15, 0.2) is 11.9 Å². The third-order valence-electron chi connectivity index (χ3n) is 2.04. The maximum Gasteiger partial charge on any atom is 0.178 e. The van der Waals surface area contributed by atoms with Crippen LogP contribution in [0, 0.1) is 0 Å². The van der Waals surface area contributed by atoms with E-state index >= 15 is 0 Å². The minimum atomic E-state index is 0.886. The van der Waals surface area contributed by atoms with Gasteiger partial charge >= 0.3 is 0 Å². The minimum absolute atomic E-state index is 0.886. The van der Waals surface area contributed by atoms with Crippen LogP contribution >= 0.6 is 0 Å². The number of hydrogen-bond donors (Lipinski definition) is 1. The summed E-state index contributed by atoms with van der Waals surface area (Å²) in [5.41, 5.74) is 5.70. The van der Waals surface area contributed by atoms with Crippen molar-refractivity contribution < 1.29 is 0 Å². The van der Waals surface area contributed by atoms with Crippen molar-refractivity contribution in [2.75, 3.05) is 12.0 Å². The summed E-state index contributed by atoms with van der Waals surface area (Å²) in [5, 5.41) is 7.79. The average Bonchev–Trinajstić information content (AvgIpc) is 2.45. The summed E-state index contributed by atoms with van der Waals surface area (Å²) in [5.74, 6) is 0.925. The number of nitrogens with zero attached hydrogens (tertiary/aromatic N) is 3. The molecule has 1 aliphatic heterocycles. The van der Waals surface area contributed by atoms with Crippen LogP contribution in [0.3, 0.4) is 0 Å². The Hall–Kier alpha value is -1.32. The van der Waals surface area contributed by atoms with E-state index in [1.165, 1.54) is 11.1 Å². The van der Waals surface area contributed by atoms with Crippen molar-refractivity contribution in [1.29, 1.82) is 0 Å². The van der Waals surface area contributed by atoms with Crippen molar-refractivity contribution in [3.63, 3.8) is 0 Å². The van der Waals surface area contributed by atoms with Crippen LogP contribution in [-0.4, -0.2) is 21.4 Å². The Morgan fingerprint density at radius 1 is 1.55 bits per heavy atom. The molecule has 0 bridgehead atoms. The lowest BCUT2D eigenvalue weighted by molar-refractivity contribution is 0.826. The molecule has 0 fully saturated rings. The first-order chi connectivity index (χ1) is 5.29. The summed E-state index contributed by atoms with van der Waals surface area (Å²) in [6.07, 6.45) is 1.69. The fraction of sp³-hybridized carbons (Fsp3) is 0.429. The molecule has 2 rings (SSSR count). The molecule has 0 amide bonds. The van der Waals surface area contributed by atoms with Crippen LogP contribution < -0.4 is 5.43 Å². The molecule has 4 nitrogen and oxygen atoms in total. The van der Waals surface area contributed by atoms with Gasteiger partial charge in [-0.25, -0.2) is 4.68 Å². The highest BCUT2D eigenvalue weighted by Crippen LogP contribution is 2.17. The molecule has 0 saturated carbocycles. The molecule has 1 aliphatic rings. The molecular formula is C7H10N4. The molecule has 0 spiro atoms. The quantitative estimate of drug-likeness (QED) is 0.589. The van der Waals surface area contributed by atoms with E-state index in [0.717, 1.165) is 12.4 Å². The molecule has 0 aromatic carbocycles. The summed E-state index contributed by atoms with van der Waals surface area (Å²) >= 11 is 0. The molecule has 4 heteroatoms. The van der Waals surface area contributed by atoms with Gasteiger partial charge in [-0.15, -0.1) is 10.2 Å². The van der Waals surface area contributed by atoms with E-state index in [9.17, 15) is 0 Å². The Labute approximate surface area is 64.9 Å². The third kappa shape index (κ3) is 0.824. The number of nitrogens with one attached hydrogen (secondary N) is 1. The van der Waals surface area contributed by atoms with E-state index in [2.05, 4.69) is 29.5 Å². The van der Waals surface area contributed by atoms with Gasteiger partial charge in [0.25, 0.3) is 0 Å². The molecule has 11 heavy (non-hydrogen) atoms. The van der Waals surface area contributed by atoms with Crippen molar-refractivity contribution in [3.8, 4) is 0 Å². The zero-order valence-electron chi connectivity index (χ0n) is 6.63. The molecule has 2 heterocycles. The van der Waals surface area contributed by atoms with Crippen LogP contribution in [0.1, 0.15) is 19.7 Å². The van der Waals surface area contributed by atoms with Gasteiger partial charge in [0.1, 0.15) is 6.33 Å². The monoisotopic (exact) mass is 150 g/mol. The predicted molar refractivity (Wildman–Crippen MR) is 42.5 cm³/mol. The highest BCUT2D eigenvalue weighted by Gasteiger charge is 2.12. The second kappa shape index (κ2) is 2.08. The summed E-state index contributed by atoms with van der Waals surface area (Å²) in [6, 6.07) is 0. The third-order valence-corrected chi connectivity index (χ3v) is 2.04. The number of hydrogen-bond acceptors (Lipinski definition) is 3. The second-order valence-corrected chi connectivity index (χ2v) is 2.76. The molecule has 58 valence electrons. The van der Waals surface area contributed by atoms with Crippen LogP contribution in [0.5, 0.6) is 0 Å². The smallest absolute Gasteiger partial charge is 0.178 e. The van der Waals surface area contributed by atoms with Gasteiger partial charge < -0.3 is 5.43 Å². The Balaban J connectivity index is 2.57. The van der Waals surface area contributed by atoms with Crippen molar-refractivity contribution in [3.05, 3.63) is 17.7 Å². The van der Waals surface area contributed by atoms with Crippen molar-refractivity contribution in [1.82, 2.24) is 14.9 Å². The van der Waals surface area contributed by atoms with Gasteiger partial charge in [0.2, 0.25) is 0 Å². The van der Waals surface area contributed by atoms with Crippen molar-refractivity contribution >= 4 is 5.57 Å². The van der Waals surface area contributed by atoms with Gasteiger partial charge in [0.15, 0.2) is 5.82 Å². The SMILES string of the molecule is CC1=C(C)c2nncn2NC1. The van der Waals surface area contributed by atoms with Crippen LogP contribution in [-0.2, 0) is 0 Å². The highest BCUT2D eigenvalue weighted by molar-refractivity contribution is 5.63. The molecule has 0 aliphatic carbocycles. The largest absolute Gasteiger partial charge is 0.319 e. The zero-order valence-corrected chi connectivity index (χ0v) is 6.63. The maximum absolute atomic E-state index is 3.98. The van der Waals surface area contributed by atoms with Crippen molar-refractivity contribution in [2.24, 2.45) is 0 Å². The minimum Gasteiger partial charge on any atom is -0.319 e. The molecule has 0 radical (unpaired) electrons. The maximum atomic E-state index is 3.98. The van der Waals surface area contributed by atoms with E-state index < -0.39 is 0 Å². The van der Waals surface area contributed by atoms with Gasteiger partial charge in [-0.05, 0) is 25.0 Å². The molecule has 1 aromatic rings. The Morgan fingerprint density at radius 3 is 3.18 bits per heavy atom. The van der Waals surface area contributed by atoms with Crippen LogP contribution in [0.4, 0.5) is 0 Å². The first-order valence-electron chi connectivity index (χ1n) is 3.59. The molecule has 1 aromatic heterocycles. The van der Waals surface area contributed by atoms with Gasteiger partial charge in [0, 0.05) is 0 Å². The normalized spacial score (nSPS) is 16.2. The Bertz CT molecular complexity index is 310. The molecular weight excluding hydrogens is 140 g/mol. The highest BCUT2D eigenvalue weighted by atomic mass is 15.5. The van der Waals surface area contributed by atoms with E-state index in [0.29, 0.717) is 0 Å². The number of fused-ring (bicyclic) bond motifs is 1. The summed E-state index contributed by atoms with van der Waals surface area (Å²) in [4.78, 5) is 0. The lowest BCUT2D eigenvalue weighted by Crippen LogP contribution is -2.23. The Morgan fingerprint density at radius 2 is 2.36 bits per heavy atom. The predicted octanol–water partition coefficient (Wildman–Crippen LogP) is 0.629. The molecule has 1 N–H and O–H groups in total. The van der Waals surface area contributed by atoms with Gasteiger partial charge in [-0.2, -0.15) is 0 Å². The molecule has 0 atom stereocenters. The molecule has 0 unspecified atom stereocenters. The standard InChI is InChI=1S/C7H10N4/c1-5-3-9-11-4-8-10-7(11)6(5)2/h4,9H,3H2,1-2H3. The van der Waals surface area contributed by atoms with E-state index in [4.69, 9.17) is 0 Å².